The highest BCUT2D eigenvalue weighted by atomic mass is 35.5. The molecule has 0 aliphatic rings. The summed E-state index contributed by atoms with van der Waals surface area (Å²) in [5.74, 6) is 0.0592. The highest BCUT2D eigenvalue weighted by Gasteiger charge is 2.21. The Labute approximate surface area is 204 Å². The van der Waals surface area contributed by atoms with Gasteiger partial charge in [-0.2, -0.15) is 0 Å². The number of rotatable bonds is 5. The maximum Gasteiger partial charge on any atom is 0.265 e. The second-order valence-electron chi connectivity index (χ2n) is 9.25. The zero-order valence-corrected chi connectivity index (χ0v) is 21.0. The van der Waals surface area contributed by atoms with Gasteiger partial charge in [-0.05, 0) is 59.9 Å². The number of hydrogen-bond donors (Lipinski definition) is 1. The van der Waals surface area contributed by atoms with Gasteiger partial charge in [0.25, 0.3) is 15.9 Å². The molecule has 6 nitrogen and oxygen atoms in total. The van der Waals surface area contributed by atoms with Crippen LogP contribution in [0.2, 0.25) is 5.02 Å². The lowest BCUT2D eigenvalue weighted by Crippen LogP contribution is -2.30. The fourth-order valence-electron chi connectivity index (χ4n) is 3.75. The number of aromatic nitrogens is 2. The maximum atomic E-state index is 12.9. The molecule has 1 N–H and O–H groups in total. The van der Waals surface area contributed by atoms with E-state index in [-0.39, 0.29) is 15.9 Å². The molecule has 34 heavy (non-hydrogen) atoms. The van der Waals surface area contributed by atoms with E-state index in [1.807, 2.05) is 56.5 Å². The molecule has 0 unspecified atom stereocenters. The number of carbonyl (C=O) groups is 1. The van der Waals surface area contributed by atoms with Crippen molar-refractivity contribution in [3.05, 3.63) is 94.3 Å². The van der Waals surface area contributed by atoms with E-state index in [1.165, 1.54) is 12.1 Å². The fraction of sp³-hybridized carbons (Fsp3) is 0.231. The molecule has 3 aromatic carbocycles. The lowest BCUT2D eigenvalue weighted by atomic mass is 9.87. The number of amides is 1. The largest absolute Gasteiger partial charge is 0.324 e. The van der Waals surface area contributed by atoms with Crippen molar-refractivity contribution in [3.8, 4) is 0 Å². The highest BCUT2D eigenvalue weighted by Crippen LogP contribution is 2.25. The van der Waals surface area contributed by atoms with Gasteiger partial charge < -0.3 is 4.57 Å². The predicted molar refractivity (Wildman–Crippen MR) is 135 cm³/mol. The van der Waals surface area contributed by atoms with Crippen molar-refractivity contribution in [2.75, 3.05) is 0 Å². The molecule has 0 spiro atoms. The van der Waals surface area contributed by atoms with Crippen molar-refractivity contribution < 1.29 is 13.2 Å². The minimum Gasteiger partial charge on any atom is -0.324 e. The zero-order chi connectivity index (χ0) is 24.7. The number of carbonyl (C=O) groups excluding carboxylic acids is 1. The summed E-state index contributed by atoms with van der Waals surface area (Å²) < 4.78 is 29.8. The van der Waals surface area contributed by atoms with Crippen LogP contribution in [0, 0.1) is 6.92 Å². The second-order valence-corrected chi connectivity index (χ2v) is 11.3. The average Bonchev–Trinajstić information content (AvgIpc) is 3.09. The van der Waals surface area contributed by atoms with Crippen LogP contribution in [0.3, 0.4) is 0 Å². The number of nitrogens with zero attached hydrogens (tertiary/aromatic N) is 2. The number of imidazole rings is 1. The van der Waals surface area contributed by atoms with Gasteiger partial charge >= 0.3 is 0 Å². The number of fused-ring (bicyclic) bond motifs is 1. The van der Waals surface area contributed by atoms with E-state index in [4.69, 9.17) is 11.6 Å². The van der Waals surface area contributed by atoms with E-state index in [0.29, 0.717) is 17.1 Å². The number of aryl methyl sites for hydroxylation is 1. The molecule has 1 amide bonds. The van der Waals surface area contributed by atoms with Crippen molar-refractivity contribution in [3.63, 3.8) is 0 Å². The van der Waals surface area contributed by atoms with E-state index in [0.717, 1.165) is 22.5 Å². The van der Waals surface area contributed by atoms with Crippen molar-refractivity contribution in [2.24, 2.45) is 0 Å². The van der Waals surface area contributed by atoms with Crippen LogP contribution >= 0.6 is 11.6 Å². The molecule has 1 heterocycles. The number of hydrogen-bond acceptors (Lipinski definition) is 4. The molecule has 176 valence electrons. The van der Waals surface area contributed by atoms with Crippen LogP contribution in [0.25, 0.3) is 11.0 Å². The van der Waals surface area contributed by atoms with Crippen LogP contribution in [0.5, 0.6) is 0 Å². The molecule has 0 atom stereocenters. The number of halogens is 1. The van der Waals surface area contributed by atoms with Crippen LogP contribution < -0.4 is 4.72 Å². The topological polar surface area (TPSA) is 81.1 Å². The van der Waals surface area contributed by atoms with Gasteiger partial charge in [-0.1, -0.05) is 62.7 Å². The van der Waals surface area contributed by atoms with E-state index < -0.39 is 15.9 Å². The van der Waals surface area contributed by atoms with Gasteiger partial charge in [0.1, 0.15) is 5.82 Å². The Balaban J connectivity index is 1.62. The summed E-state index contributed by atoms with van der Waals surface area (Å²) >= 11 is 6.33. The Bertz CT molecular complexity index is 1480. The molecule has 0 saturated carbocycles. The Kier molecular flexibility index (Phi) is 6.27. The molecule has 1 aromatic heterocycles. The van der Waals surface area contributed by atoms with E-state index in [2.05, 4.69) is 9.71 Å². The molecule has 0 aliphatic heterocycles. The van der Waals surface area contributed by atoms with Gasteiger partial charge in [-0.3, -0.25) is 4.79 Å². The average molecular weight is 496 g/mol. The monoisotopic (exact) mass is 495 g/mol. The summed E-state index contributed by atoms with van der Waals surface area (Å²) in [5.41, 5.74) is 3.47. The number of nitrogens with one attached hydrogen (secondary N) is 1. The van der Waals surface area contributed by atoms with Crippen LogP contribution in [0.15, 0.2) is 71.6 Å². The smallest absolute Gasteiger partial charge is 0.265 e. The minimum atomic E-state index is -4.02. The van der Waals surface area contributed by atoms with Crippen molar-refractivity contribution in [1.29, 1.82) is 0 Å². The van der Waals surface area contributed by atoms with Crippen LogP contribution in [0.1, 0.15) is 48.1 Å². The summed E-state index contributed by atoms with van der Waals surface area (Å²) in [5, 5.41) is 0.640. The summed E-state index contributed by atoms with van der Waals surface area (Å²) in [6.45, 7) is 8.50. The Morgan fingerprint density at radius 2 is 1.71 bits per heavy atom. The number of sulfonamides is 1. The van der Waals surface area contributed by atoms with Gasteiger partial charge in [0.05, 0.1) is 22.5 Å². The lowest BCUT2D eigenvalue weighted by molar-refractivity contribution is 0.0981. The molecule has 0 radical (unpaired) electrons. The van der Waals surface area contributed by atoms with Crippen molar-refractivity contribution in [2.45, 2.75) is 44.6 Å². The van der Waals surface area contributed by atoms with Gasteiger partial charge in [0, 0.05) is 10.6 Å². The van der Waals surface area contributed by atoms with E-state index in [9.17, 15) is 13.2 Å². The molecule has 0 saturated heterocycles. The van der Waals surface area contributed by atoms with Crippen LogP contribution in [0.4, 0.5) is 0 Å². The van der Waals surface area contributed by atoms with E-state index >= 15 is 0 Å². The van der Waals surface area contributed by atoms with Crippen LogP contribution in [-0.4, -0.2) is 23.9 Å². The van der Waals surface area contributed by atoms with Gasteiger partial charge in [-0.25, -0.2) is 18.1 Å². The summed E-state index contributed by atoms with van der Waals surface area (Å²) in [6, 6.07) is 19.0. The predicted octanol–water partition coefficient (Wildman–Crippen LogP) is 5.46. The summed E-state index contributed by atoms with van der Waals surface area (Å²) in [4.78, 5) is 17.5. The first-order valence-electron chi connectivity index (χ1n) is 10.8. The normalized spacial score (nSPS) is 12.1. The highest BCUT2D eigenvalue weighted by molar-refractivity contribution is 7.90. The van der Waals surface area contributed by atoms with Gasteiger partial charge in [-0.15, -0.1) is 0 Å². The van der Waals surface area contributed by atoms with Crippen molar-refractivity contribution >= 4 is 38.6 Å². The summed E-state index contributed by atoms with van der Waals surface area (Å²) in [6.07, 6.45) is 0. The maximum absolute atomic E-state index is 12.9. The standard InChI is InChI=1S/C26H26ClN3O3S/c1-17-28-23-14-9-18(15-24(23)30(17)16-19-7-5-6-8-22(19)27)25(31)29-34(32,33)21-12-10-20(11-13-21)26(2,3)4/h5-15H,16H2,1-4H3,(H,29,31). The third-order valence-electron chi connectivity index (χ3n) is 5.75. The molecular weight excluding hydrogens is 470 g/mol. The quantitative estimate of drug-likeness (QED) is 0.398. The lowest BCUT2D eigenvalue weighted by Gasteiger charge is -2.19. The molecule has 0 aliphatic carbocycles. The molecule has 4 aromatic rings. The Morgan fingerprint density at radius 1 is 1.03 bits per heavy atom. The minimum absolute atomic E-state index is 0.0366. The SMILES string of the molecule is Cc1nc2ccc(C(=O)NS(=O)(=O)c3ccc(C(C)(C)C)cc3)cc2n1Cc1ccccc1Cl. The zero-order valence-electron chi connectivity index (χ0n) is 19.5. The number of benzene rings is 3. The molecule has 4 rings (SSSR count). The van der Waals surface area contributed by atoms with Gasteiger partial charge in [0.2, 0.25) is 0 Å². The first-order valence-corrected chi connectivity index (χ1v) is 12.7. The first kappa shape index (κ1) is 24.0. The second kappa shape index (κ2) is 8.89. The molecule has 8 heteroatoms. The molecule has 0 bridgehead atoms. The molecule has 0 fully saturated rings. The first-order chi connectivity index (χ1) is 16.0. The summed E-state index contributed by atoms with van der Waals surface area (Å²) in [7, 11) is -4.02. The Hall–Kier alpha value is -3.16. The molecular formula is C26H26ClN3O3S. The van der Waals surface area contributed by atoms with E-state index in [1.54, 1.807) is 30.3 Å². The fourth-order valence-corrected chi connectivity index (χ4v) is 4.92. The Morgan fingerprint density at radius 3 is 2.35 bits per heavy atom. The van der Waals surface area contributed by atoms with Gasteiger partial charge in [0.15, 0.2) is 0 Å². The third-order valence-corrected chi connectivity index (χ3v) is 7.46. The van der Waals surface area contributed by atoms with Crippen molar-refractivity contribution in [1.82, 2.24) is 14.3 Å². The third kappa shape index (κ3) is 4.86. The van der Waals surface area contributed by atoms with Crippen LogP contribution in [-0.2, 0) is 22.0 Å².